The Labute approximate surface area is 131 Å². The maximum absolute atomic E-state index is 6.09. The highest BCUT2D eigenvalue weighted by molar-refractivity contribution is 6.31. The van der Waals surface area contributed by atoms with Crippen LogP contribution in [0.5, 0.6) is 0 Å². The summed E-state index contributed by atoms with van der Waals surface area (Å²) in [7, 11) is 0. The molecular weight excluding hydrogens is 284 g/mol. The van der Waals surface area contributed by atoms with Gasteiger partial charge in [-0.2, -0.15) is 5.10 Å². The van der Waals surface area contributed by atoms with Gasteiger partial charge in [0.25, 0.3) is 0 Å². The van der Waals surface area contributed by atoms with Crippen molar-refractivity contribution in [1.29, 1.82) is 0 Å². The molecule has 0 bridgehead atoms. The van der Waals surface area contributed by atoms with Crippen molar-refractivity contribution < 1.29 is 0 Å². The molecular formula is C16H23ClN4. The highest BCUT2D eigenvalue weighted by Crippen LogP contribution is 2.17. The Morgan fingerprint density at radius 1 is 1.29 bits per heavy atom. The van der Waals surface area contributed by atoms with Gasteiger partial charge in [0.15, 0.2) is 5.82 Å². The molecule has 0 aromatic carbocycles. The zero-order chi connectivity index (χ0) is 15.6. The fourth-order valence-electron chi connectivity index (χ4n) is 1.96. The first-order valence-electron chi connectivity index (χ1n) is 7.25. The molecule has 5 heteroatoms. The fourth-order valence-corrected chi connectivity index (χ4v) is 2.09. The molecule has 0 aliphatic heterocycles. The van der Waals surface area contributed by atoms with Crippen molar-refractivity contribution in [3.05, 3.63) is 40.3 Å². The molecule has 1 N–H and O–H groups in total. The van der Waals surface area contributed by atoms with Crippen LogP contribution in [0.4, 0.5) is 0 Å². The molecule has 2 aromatic heterocycles. The minimum absolute atomic E-state index is 0.0847. The Hall–Kier alpha value is -1.39. The van der Waals surface area contributed by atoms with Gasteiger partial charge in [-0.3, -0.25) is 0 Å². The van der Waals surface area contributed by atoms with E-state index in [2.05, 4.69) is 55.2 Å². The van der Waals surface area contributed by atoms with Crippen LogP contribution in [-0.2, 0) is 13.0 Å². The Morgan fingerprint density at radius 2 is 2.00 bits per heavy atom. The topological polar surface area (TPSA) is 42.7 Å². The van der Waals surface area contributed by atoms with Gasteiger partial charge in [-0.15, -0.1) is 0 Å². The molecule has 0 saturated heterocycles. The van der Waals surface area contributed by atoms with Crippen LogP contribution in [0.1, 0.15) is 44.6 Å². The molecule has 0 atom stereocenters. The van der Waals surface area contributed by atoms with Crippen molar-refractivity contribution in [2.75, 3.05) is 0 Å². The van der Waals surface area contributed by atoms with Gasteiger partial charge in [0.05, 0.1) is 16.9 Å². The summed E-state index contributed by atoms with van der Waals surface area (Å²) in [6, 6.07) is 4.20. The molecule has 0 radical (unpaired) electrons. The van der Waals surface area contributed by atoms with Gasteiger partial charge in [-0.25, -0.2) is 9.67 Å². The molecule has 0 unspecified atom stereocenters. The Balaban J connectivity index is 2.33. The Kier molecular flexibility index (Phi) is 4.69. The summed E-state index contributed by atoms with van der Waals surface area (Å²) < 4.78 is 1.75. The number of nitrogens with zero attached hydrogens (tertiary/aromatic N) is 3. The van der Waals surface area contributed by atoms with Crippen LogP contribution in [-0.4, -0.2) is 20.3 Å². The van der Waals surface area contributed by atoms with E-state index in [0.717, 1.165) is 30.2 Å². The predicted molar refractivity (Wildman–Crippen MR) is 87.1 cm³/mol. The molecule has 4 nitrogen and oxygen atoms in total. The Morgan fingerprint density at radius 3 is 2.52 bits per heavy atom. The van der Waals surface area contributed by atoms with Crippen LogP contribution in [0.15, 0.2) is 18.3 Å². The van der Waals surface area contributed by atoms with Crippen LogP contribution in [0, 0.1) is 6.92 Å². The number of hydrogen-bond acceptors (Lipinski definition) is 3. The summed E-state index contributed by atoms with van der Waals surface area (Å²) in [6.07, 6.45) is 2.70. The molecule has 0 amide bonds. The average molecular weight is 307 g/mol. The second kappa shape index (κ2) is 6.16. The first-order valence-corrected chi connectivity index (χ1v) is 7.63. The third-order valence-corrected chi connectivity index (χ3v) is 3.55. The van der Waals surface area contributed by atoms with E-state index in [9.17, 15) is 0 Å². The zero-order valence-corrected chi connectivity index (χ0v) is 14.1. The Bertz CT molecular complexity index is 606. The number of nitrogens with one attached hydrogen (secondary N) is 1. The normalized spacial score (nSPS) is 11.9. The largest absolute Gasteiger partial charge is 0.308 e. The second-order valence-corrected chi connectivity index (χ2v) is 6.70. The van der Waals surface area contributed by atoms with Crippen LogP contribution >= 0.6 is 11.6 Å². The number of aromatic nitrogens is 3. The maximum atomic E-state index is 6.09. The van der Waals surface area contributed by atoms with E-state index in [1.54, 1.807) is 10.9 Å². The van der Waals surface area contributed by atoms with E-state index in [4.69, 9.17) is 11.6 Å². The lowest BCUT2D eigenvalue weighted by Gasteiger charge is -2.21. The van der Waals surface area contributed by atoms with E-state index in [1.165, 1.54) is 5.56 Å². The minimum Gasteiger partial charge on any atom is -0.308 e. The van der Waals surface area contributed by atoms with Crippen molar-refractivity contribution in [1.82, 2.24) is 20.1 Å². The molecule has 0 aliphatic rings. The van der Waals surface area contributed by atoms with Crippen molar-refractivity contribution in [2.24, 2.45) is 0 Å². The molecule has 2 rings (SSSR count). The number of rotatable bonds is 4. The van der Waals surface area contributed by atoms with E-state index >= 15 is 0 Å². The highest BCUT2D eigenvalue weighted by Gasteiger charge is 2.11. The van der Waals surface area contributed by atoms with E-state index in [0.29, 0.717) is 5.02 Å². The fraction of sp³-hybridized carbons (Fsp3) is 0.500. The molecule has 2 heterocycles. The van der Waals surface area contributed by atoms with Gasteiger partial charge >= 0.3 is 0 Å². The van der Waals surface area contributed by atoms with Crippen LogP contribution in [0.2, 0.25) is 5.02 Å². The molecule has 114 valence electrons. The molecule has 2 aromatic rings. The monoisotopic (exact) mass is 306 g/mol. The second-order valence-electron chi connectivity index (χ2n) is 6.29. The number of hydrogen-bond donors (Lipinski definition) is 1. The summed E-state index contributed by atoms with van der Waals surface area (Å²) in [5.74, 6) is 0.815. The molecule has 21 heavy (non-hydrogen) atoms. The maximum Gasteiger partial charge on any atom is 0.153 e. The summed E-state index contributed by atoms with van der Waals surface area (Å²) >= 11 is 6.09. The predicted octanol–water partition coefficient (Wildman–Crippen LogP) is 3.68. The quantitative estimate of drug-likeness (QED) is 0.937. The van der Waals surface area contributed by atoms with Crippen molar-refractivity contribution >= 4 is 11.6 Å². The standard InChI is InChI=1S/C16H23ClN4/c1-6-13-7-12(9-18-16(3,4)5)8-15(19-13)21-10-14(17)11(2)20-21/h7-8,10,18H,6,9H2,1-5H3. The van der Waals surface area contributed by atoms with Gasteiger partial charge in [-0.1, -0.05) is 18.5 Å². The minimum atomic E-state index is 0.0847. The van der Waals surface area contributed by atoms with E-state index in [1.807, 2.05) is 6.92 Å². The first kappa shape index (κ1) is 16.0. The van der Waals surface area contributed by atoms with Crippen molar-refractivity contribution in [3.8, 4) is 5.82 Å². The zero-order valence-electron chi connectivity index (χ0n) is 13.4. The lowest BCUT2D eigenvalue weighted by Crippen LogP contribution is -2.35. The lowest BCUT2D eigenvalue weighted by atomic mass is 10.1. The highest BCUT2D eigenvalue weighted by atomic mass is 35.5. The summed E-state index contributed by atoms with van der Waals surface area (Å²) in [5.41, 5.74) is 3.16. The van der Waals surface area contributed by atoms with Crippen molar-refractivity contribution in [2.45, 2.75) is 53.1 Å². The first-order chi connectivity index (χ1) is 9.78. The smallest absolute Gasteiger partial charge is 0.153 e. The van der Waals surface area contributed by atoms with Gasteiger partial charge in [-0.05, 0) is 51.8 Å². The average Bonchev–Trinajstić information content (AvgIpc) is 2.75. The van der Waals surface area contributed by atoms with Crippen molar-refractivity contribution in [3.63, 3.8) is 0 Å². The third kappa shape index (κ3) is 4.29. The lowest BCUT2D eigenvalue weighted by molar-refractivity contribution is 0.424. The van der Waals surface area contributed by atoms with E-state index < -0.39 is 0 Å². The van der Waals surface area contributed by atoms with E-state index in [-0.39, 0.29) is 5.54 Å². The summed E-state index contributed by atoms with van der Waals surface area (Å²) in [4.78, 5) is 4.64. The third-order valence-electron chi connectivity index (χ3n) is 3.18. The molecule has 0 aliphatic carbocycles. The number of pyridine rings is 1. The van der Waals surface area contributed by atoms with Gasteiger partial charge in [0.1, 0.15) is 0 Å². The number of halogens is 1. The molecule has 0 spiro atoms. The molecule has 0 saturated carbocycles. The number of aryl methyl sites for hydroxylation is 2. The summed E-state index contributed by atoms with van der Waals surface area (Å²) in [5, 5.41) is 8.57. The SMILES string of the molecule is CCc1cc(CNC(C)(C)C)cc(-n2cc(Cl)c(C)n2)n1. The van der Waals surface area contributed by atoms with Crippen LogP contribution in [0.25, 0.3) is 5.82 Å². The molecule has 0 fully saturated rings. The van der Waals surface area contributed by atoms with Crippen LogP contribution < -0.4 is 5.32 Å². The van der Waals surface area contributed by atoms with Crippen LogP contribution in [0.3, 0.4) is 0 Å². The van der Waals surface area contributed by atoms with Gasteiger partial charge < -0.3 is 5.32 Å². The van der Waals surface area contributed by atoms with Gasteiger partial charge in [0, 0.05) is 17.8 Å². The van der Waals surface area contributed by atoms with Gasteiger partial charge in [0.2, 0.25) is 0 Å². The summed E-state index contributed by atoms with van der Waals surface area (Å²) in [6.45, 7) is 11.3.